The van der Waals surface area contributed by atoms with Crippen molar-refractivity contribution in [3.8, 4) is 0 Å². The molecule has 74 valence electrons. The van der Waals surface area contributed by atoms with Gasteiger partial charge >= 0.3 is 0 Å². The number of fused-ring (bicyclic) bond motifs is 1. The van der Waals surface area contributed by atoms with Gasteiger partial charge < -0.3 is 4.42 Å². The quantitative estimate of drug-likeness (QED) is 0.640. The second-order valence-corrected chi connectivity index (χ2v) is 4.13. The van der Waals surface area contributed by atoms with E-state index in [0.717, 1.165) is 21.2 Å². The number of furan rings is 1. The average Bonchev–Trinajstić information content (AvgIpc) is 2.59. The van der Waals surface area contributed by atoms with Crippen molar-refractivity contribution in [1.29, 1.82) is 0 Å². The summed E-state index contributed by atoms with van der Waals surface area (Å²) < 4.78 is 6.66. The van der Waals surface area contributed by atoms with Crippen LogP contribution in [0, 0.1) is 0 Å². The Morgan fingerprint density at radius 2 is 2.21 bits per heavy atom. The maximum atomic E-state index is 5.61. The van der Waals surface area contributed by atoms with Crippen LogP contribution in [-0.2, 0) is 0 Å². The predicted octanol–water partition coefficient (Wildman–Crippen LogP) is 2.72. The van der Waals surface area contributed by atoms with Gasteiger partial charge in [-0.25, -0.2) is 0 Å². The Hall–Kier alpha value is -0.840. The molecular formula is C10H11BrN2O. The van der Waals surface area contributed by atoms with E-state index in [4.69, 9.17) is 10.3 Å². The van der Waals surface area contributed by atoms with Crippen LogP contribution in [0.1, 0.15) is 18.7 Å². The summed E-state index contributed by atoms with van der Waals surface area (Å²) in [5.74, 6) is 6.18. The molecule has 2 rings (SSSR count). The molecule has 1 aromatic carbocycles. The molecule has 0 saturated heterocycles. The molecule has 0 radical (unpaired) electrons. The fourth-order valence-corrected chi connectivity index (χ4v) is 1.71. The zero-order chi connectivity index (χ0) is 10.1. The van der Waals surface area contributed by atoms with Gasteiger partial charge in [0.15, 0.2) is 0 Å². The largest absolute Gasteiger partial charge is 0.459 e. The van der Waals surface area contributed by atoms with Gasteiger partial charge in [0.25, 0.3) is 0 Å². The highest BCUT2D eigenvalue weighted by atomic mass is 79.9. The fourth-order valence-electron chi connectivity index (χ4n) is 1.33. The highest BCUT2D eigenvalue weighted by Gasteiger charge is 2.09. The molecular weight excluding hydrogens is 244 g/mol. The number of hydrogen-bond donors (Lipinski definition) is 2. The van der Waals surface area contributed by atoms with E-state index in [1.807, 2.05) is 31.2 Å². The lowest BCUT2D eigenvalue weighted by Crippen LogP contribution is -2.25. The van der Waals surface area contributed by atoms with Crippen molar-refractivity contribution >= 4 is 26.9 Å². The molecule has 0 aliphatic rings. The van der Waals surface area contributed by atoms with Gasteiger partial charge in [0.1, 0.15) is 11.3 Å². The van der Waals surface area contributed by atoms with E-state index in [2.05, 4.69) is 21.4 Å². The second-order valence-electron chi connectivity index (χ2n) is 3.22. The van der Waals surface area contributed by atoms with Gasteiger partial charge in [-0.2, -0.15) is 0 Å². The van der Waals surface area contributed by atoms with Crippen LogP contribution in [-0.4, -0.2) is 0 Å². The third-order valence-electron chi connectivity index (χ3n) is 2.17. The number of benzene rings is 1. The van der Waals surface area contributed by atoms with E-state index in [1.54, 1.807) is 0 Å². The van der Waals surface area contributed by atoms with Gasteiger partial charge in [0.05, 0.1) is 6.04 Å². The Morgan fingerprint density at radius 3 is 2.93 bits per heavy atom. The fraction of sp³-hybridized carbons (Fsp3) is 0.200. The van der Waals surface area contributed by atoms with Gasteiger partial charge in [-0.3, -0.25) is 11.3 Å². The van der Waals surface area contributed by atoms with Crippen molar-refractivity contribution in [2.24, 2.45) is 5.84 Å². The van der Waals surface area contributed by atoms with Crippen LogP contribution in [0.4, 0.5) is 0 Å². The molecule has 2 aromatic rings. The lowest BCUT2D eigenvalue weighted by molar-refractivity contribution is 0.459. The first-order valence-electron chi connectivity index (χ1n) is 4.36. The van der Waals surface area contributed by atoms with E-state index in [0.29, 0.717) is 0 Å². The molecule has 0 amide bonds. The highest BCUT2D eigenvalue weighted by Crippen LogP contribution is 2.25. The summed E-state index contributed by atoms with van der Waals surface area (Å²) in [4.78, 5) is 0. The molecule has 0 aliphatic carbocycles. The second kappa shape index (κ2) is 3.73. The standard InChI is InChI=1S/C10H11BrN2O/c1-6(13-12)10-5-7-4-8(11)2-3-9(7)14-10/h2-6,13H,12H2,1H3/t6-/m1/s1. The number of hydrazine groups is 1. The van der Waals surface area contributed by atoms with Gasteiger partial charge in [-0.15, -0.1) is 0 Å². The molecule has 0 spiro atoms. The Balaban J connectivity index is 2.51. The van der Waals surface area contributed by atoms with Crippen LogP contribution in [0.15, 0.2) is 33.2 Å². The minimum atomic E-state index is 0.0289. The van der Waals surface area contributed by atoms with Crippen molar-refractivity contribution in [1.82, 2.24) is 5.43 Å². The molecule has 1 aromatic heterocycles. The third kappa shape index (κ3) is 1.68. The van der Waals surface area contributed by atoms with Crippen LogP contribution in [0.5, 0.6) is 0 Å². The lowest BCUT2D eigenvalue weighted by Gasteiger charge is -2.03. The molecule has 0 fully saturated rings. The van der Waals surface area contributed by atoms with Crippen LogP contribution in [0.2, 0.25) is 0 Å². The Labute approximate surface area is 90.4 Å². The van der Waals surface area contributed by atoms with Gasteiger partial charge in [-0.1, -0.05) is 15.9 Å². The average molecular weight is 255 g/mol. The summed E-state index contributed by atoms with van der Waals surface area (Å²) >= 11 is 3.41. The smallest absolute Gasteiger partial charge is 0.134 e. The lowest BCUT2D eigenvalue weighted by atomic mass is 10.2. The normalized spacial score (nSPS) is 13.4. The van der Waals surface area contributed by atoms with Gasteiger partial charge in [0.2, 0.25) is 0 Å². The maximum absolute atomic E-state index is 5.61. The Bertz CT molecular complexity index is 452. The number of halogens is 1. The molecule has 0 bridgehead atoms. The SMILES string of the molecule is C[C@@H](NN)c1cc2cc(Br)ccc2o1. The zero-order valence-corrected chi connectivity index (χ0v) is 9.34. The molecule has 1 atom stereocenters. The summed E-state index contributed by atoms with van der Waals surface area (Å²) in [6.07, 6.45) is 0. The number of nitrogens with two attached hydrogens (primary N) is 1. The molecule has 0 saturated carbocycles. The first kappa shape index (κ1) is 9.71. The topological polar surface area (TPSA) is 51.2 Å². The molecule has 0 aliphatic heterocycles. The minimum absolute atomic E-state index is 0.0289. The minimum Gasteiger partial charge on any atom is -0.459 e. The summed E-state index contributed by atoms with van der Waals surface area (Å²) in [7, 11) is 0. The van der Waals surface area contributed by atoms with E-state index >= 15 is 0 Å². The van der Waals surface area contributed by atoms with E-state index in [9.17, 15) is 0 Å². The Kier molecular flexibility index (Phi) is 2.58. The molecule has 3 nitrogen and oxygen atoms in total. The molecule has 4 heteroatoms. The van der Waals surface area contributed by atoms with Gasteiger partial charge in [-0.05, 0) is 31.2 Å². The van der Waals surface area contributed by atoms with Crippen molar-refractivity contribution in [3.05, 3.63) is 34.5 Å². The van der Waals surface area contributed by atoms with Crippen molar-refractivity contribution in [2.45, 2.75) is 13.0 Å². The molecule has 3 N–H and O–H groups in total. The van der Waals surface area contributed by atoms with Crippen LogP contribution in [0.3, 0.4) is 0 Å². The van der Waals surface area contributed by atoms with E-state index in [1.165, 1.54) is 0 Å². The molecule has 0 unspecified atom stereocenters. The third-order valence-corrected chi connectivity index (χ3v) is 2.67. The van der Waals surface area contributed by atoms with E-state index < -0.39 is 0 Å². The monoisotopic (exact) mass is 254 g/mol. The van der Waals surface area contributed by atoms with Crippen LogP contribution in [0.25, 0.3) is 11.0 Å². The maximum Gasteiger partial charge on any atom is 0.134 e. The summed E-state index contributed by atoms with van der Waals surface area (Å²) in [6, 6.07) is 7.93. The van der Waals surface area contributed by atoms with Crippen LogP contribution < -0.4 is 11.3 Å². The number of nitrogens with one attached hydrogen (secondary N) is 1. The van der Waals surface area contributed by atoms with Crippen molar-refractivity contribution in [2.75, 3.05) is 0 Å². The van der Waals surface area contributed by atoms with Crippen LogP contribution >= 0.6 is 15.9 Å². The summed E-state index contributed by atoms with van der Waals surface area (Å²) in [5, 5.41) is 1.08. The predicted molar refractivity (Wildman–Crippen MR) is 59.7 cm³/mol. The highest BCUT2D eigenvalue weighted by molar-refractivity contribution is 9.10. The number of hydrogen-bond acceptors (Lipinski definition) is 3. The van der Waals surface area contributed by atoms with Crippen molar-refractivity contribution < 1.29 is 4.42 Å². The Morgan fingerprint density at radius 1 is 1.43 bits per heavy atom. The first-order chi connectivity index (χ1) is 6.70. The number of rotatable bonds is 2. The summed E-state index contributed by atoms with van der Waals surface area (Å²) in [6.45, 7) is 1.95. The van der Waals surface area contributed by atoms with Gasteiger partial charge in [0, 0.05) is 9.86 Å². The molecule has 1 heterocycles. The summed E-state index contributed by atoms with van der Waals surface area (Å²) in [5.41, 5.74) is 3.53. The van der Waals surface area contributed by atoms with Crippen molar-refractivity contribution in [3.63, 3.8) is 0 Å². The molecule has 14 heavy (non-hydrogen) atoms. The first-order valence-corrected chi connectivity index (χ1v) is 5.15. The van der Waals surface area contributed by atoms with E-state index in [-0.39, 0.29) is 6.04 Å². The zero-order valence-electron chi connectivity index (χ0n) is 7.75.